The first kappa shape index (κ1) is 14.1. The number of carbonyl (C=O) groups is 2. The van der Waals surface area contributed by atoms with Crippen molar-refractivity contribution < 1.29 is 14.3 Å². The Hall–Kier alpha value is -2.88. The first-order chi connectivity index (χ1) is 10.7. The molecule has 0 bridgehead atoms. The second-order valence-electron chi connectivity index (χ2n) is 5.08. The van der Waals surface area contributed by atoms with Crippen LogP contribution in [0.5, 0.6) is 0 Å². The summed E-state index contributed by atoms with van der Waals surface area (Å²) in [4.78, 5) is 24.2. The van der Waals surface area contributed by atoms with Gasteiger partial charge in [0.05, 0.1) is 0 Å². The predicted octanol–water partition coefficient (Wildman–Crippen LogP) is 2.55. The van der Waals surface area contributed by atoms with Gasteiger partial charge in [-0.15, -0.1) is 0 Å². The van der Waals surface area contributed by atoms with E-state index < -0.39 is 12.0 Å². The molecule has 2 aromatic rings. The Morgan fingerprint density at radius 2 is 1.55 bits per heavy atom. The fourth-order valence-corrected chi connectivity index (χ4v) is 2.48. The molecule has 0 spiro atoms. The van der Waals surface area contributed by atoms with Crippen molar-refractivity contribution in [3.8, 4) is 0 Å². The summed E-state index contributed by atoms with van der Waals surface area (Å²) in [5.41, 5.74) is 7.16. The van der Waals surface area contributed by atoms with Crippen LogP contribution in [0.4, 0.5) is 0 Å². The Morgan fingerprint density at radius 3 is 2.14 bits per heavy atom. The Bertz CT molecular complexity index is 735. The molecule has 22 heavy (non-hydrogen) atoms. The number of benzene rings is 2. The van der Waals surface area contributed by atoms with E-state index in [0.717, 1.165) is 5.56 Å². The molecule has 1 aliphatic rings. The van der Waals surface area contributed by atoms with Crippen LogP contribution < -0.4 is 5.73 Å². The Kier molecular flexibility index (Phi) is 3.74. The molecule has 1 atom stereocenters. The molecule has 1 unspecified atom stereocenters. The van der Waals surface area contributed by atoms with Crippen molar-refractivity contribution in [2.75, 3.05) is 0 Å². The van der Waals surface area contributed by atoms with E-state index in [1.54, 1.807) is 24.3 Å². The predicted molar refractivity (Wildman–Crippen MR) is 82.8 cm³/mol. The summed E-state index contributed by atoms with van der Waals surface area (Å²) in [6, 6.07) is 18.2. The number of hydrogen-bond acceptors (Lipinski definition) is 3. The summed E-state index contributed by atoms with van der Waals surface area (Å²) in [7, 11) is 0. The van der Waals surface area contributed by atoms with Crippen LogP contribution in [0.25, 0.3) is 5.76 Å². The number of rotatable bonds is 4. The van der Waals surface area contributed by atoms with Crippen LogP contribution in [0.1, 0.15) is 22.3 Å². The molecule has 2 N–H and O–H groups in total. The van der Waals surface area contributed by atoms with Gasteiger partial charge in [-0.3, -0.25) is 9.59 Å². The Labute approximate surface area is 128 Å². The molecular weight excluding hydrogens is 278 g/mol. The Balaban J connectivity index is 2.03. The lowest BCUT2D eigenvalue weighted by atomic mass is 9.97. The van der Waals surface area contributed by atoms with Gasteiger partial charge in [0, 0.05) is 23.1 Å². The highest BCUT2D eigenvalue weighted by Gasteiger charge is 2.34. The van der Waals surface area contributed by atoms with E-state index in [0.29, 0.717) is 16.9 Å². The van der Waals surface area contributed by atoms with Crippen LogP contribution in [-0.4, -0.2) is 17.8 Å². The van der Waals surface area contributed by atoms with Crippen LogP contribution in [0.15, 0.2) is 66.2 Å². The van der Waals surface area contributed by atoms with E-state index in [4.69, 9.17) is 10.5 Å². The van der Waals surface area contributed by atoms with Crippen molar-refractivity contribution in [1.82, 2.24) is 0 Å². The van der Waals surface area contributed by atoms with Crippen LogP contribution in [0.2, 0.25) is 0 Å². The highest BCUT2D eigenvalue weighted by molar-refractivity contribution is 6.13. The average Bonchev–Trinajstić information content (AvgIpc) is 3.01. The van der Waals surface area contributed by atoms with E-state index in [1.165, 1.54) is 0 Å². The maximum Gasteiger partial charge on any atom is 0.258 e. The molecule has 0 aliphatic carbocycles. The molecule has 1 heterocycles. The Morgan fingerprint density at radius 1 is 0.955 bits per heavy atom. The van der Waals surface area contributed by atoms with Gasteiger partial charge >= 0.3 is 0 Å². The normalized spacial score (nSPS) is 17.2. The van der Waals surface area contributed by atoms with Crippen LogP contribution in [-0.2, 0) is 9.53 Å². The SMILES string of the molecule is NC(=O)C1CC(C(=O)c2ccccc2)=C(c2ccccc2)O1. The van der Waals surface area contributed by atoms with Gasteiger partial charge in [-0.1, -0.05) is 60.7 Å². The summed E-state index contributed by atoms with van der Waals surface area (Å²) >= 11 is 0. The lowest BCUT2D eigenvalue weighted by Crippen LogP contribution is -2.28. The number of carbonyl (C=O) groups excluding carboxylic acids is 2. The topological polar surface area (TPSA) is 69.4 Å². The van der Waals surface area contributed by atoms with Gasteiger partial charge in [0.15, 0.2) is 11.9 Å². The molecule has 4 nitrogen and oxygen atoms in total. The second kappa shape index (κ2) is 5.85. The number of ether oxygens (including phenoxy) is 1. The molecule has 3 rings (SSSR count). The van der Waals surface area contributed by atoms with E-state index in [9.17, 15) is 9.59 Å². The number of amides is 1. The van der Waals surface area contributed by atoms with Gasteiger partial charge in [-0.05, 0) is 0 Å². The number of hydrogen-bond donors (Lipinski definition) is 1. The molecule has 1 aliphatic heterocycles. The number of primary amides is 1. The third-order valence-electron chi connectivity index (χ3n) is 3.59. The van der Waals surface area contributed by atoms with Gasteiger partial charge in [0.1, 0.15) is 5.76 Å². The maximum absolute atomic E-state index is 12.7. The van der Waals surface area contributed by atoms with Crippen LogP contribution >= 0.6 is 0 Å². The van der Waals surface area contributed by atoms with Gasteiger partial charge in [-0.25, -0.2) is 0 Å². The van der Waals surface area contributed by atoms with Crippen LogP contribution in [0, 0.1) is 0 Å². The highest BCUT2D eigenvalue weighted by atomic mass is 16.5. The molecule has 0 aromatic heterocycles. The molecule has 2 aromatic carbocycles. The first-order valence-electron chi connectivity index (χ1n) is 7.01. The van der Waals surface area contributed by atoms with Crippen LogP contribution in [0.3, 0.4) is 0 Å². The molecule has 1 amide bonds. The first-order valence-corrected chi connectivity index (χ1v) is 7.01. The van der Waals surface area contributed by atoms with Gasteiger partial charge in [-0.2, -0.15) is 0 Å². The third-order valence-corrected chi connectivity index (χ3v) is 3.59. The standard InChI is InChI=1S/C18H15NO3/c19-18(21)15-11-14(16(20)12-7-3-1-4-8-12)17(22-15)13-9-5-2-6-10-13/h1-10,15H,11H2,(H2,19,21). The van der Waals surface area contributed by atoms with Crippen molar-refractivity contribution in [3.63, 3.8) is 0 Å². The minimum absolute atomic E-state index is 0.136. The fraction of sp³-hybridized carbons (Fsp3) is 0.111. The minimum Gasteiger partial charge on any atom is -0.479 e. The highest BCUT2D eigenvalue weighted by Crippen LogP contribution is 2.34. The molecule has 0 fully saturated rings. The summed E-state index contributed by atoms with van der Waals surface area (Å²) in [5, 5.41) is 0. The molecule has 110 valence electrons. The molecular formula is C18H15NO3. The van der Waals surface area contributed by atoms with Gasteiger partial charge < -0.3 is 10.5 Å². The lowest BCUT2D eigenvalue weighted by Gasteiger charge is -2.09. The zero-order valence-electron chi connectivity index (χ0n) is 11.9. The van der Waals surface area contributed by atoms with E-state index in [1.807, 2.05) is 36.4 Å². The van der Waals surface area contributed by atoms with Crippen molar-refractivity contribution >= 4 is 17.4 Å². The summed E-state index contributed by atoms with van der Waals surface area (Å²) in [6.07, 6.45) is -0.592. The zero-order chi connectivity index (χ0) is 15.5. The number of Topliss-reactive ketones (excluding diaryl/α,β-unsaturated/α-hetero) is 1. The second-order valence-corrected chi connectivity index (χ2v) is 5.08. The molecule has 0 saturated carbocycles. The monoisotopic (exact) mass is 293 g/mol. The van der Waals surface area contributed by atoms with Crippen molar-refractivity contribution in [1.29, 1.82) is 0 Å². The largest absolute Gasteiger partial charge is 0.479 e. The molecule has 0 saturated heterocycles. The van der Waals surface area contributed by atoms with E-state index >= 15 is 0 Å². The third kappa shape index (κ3) is 2.63. The maximum atomic E-state index is 12.7. The summed E-state index contributed by atoms with van der Waals surface area (Å²) in [6.45, 7) is 0. The number of nitrogens with two attached hydrogens (primary N) is 1. The van der Waals surface area contributed by atoms with E-state index in [-0.39, 0.29) is 12.2 Å². The zero-order valence-corrected chi connectivity index (χ0v) is 11.9. The summed E-state index contributed by atoms with van der Waals surface area (Å²) < 4.78 is 5.65. The molecule has 0 radical (unpaired) electrons. The van der Waals surface area contributed by atoms with Gasteiger partial charge in [0.2, 0.25) is 0 Å². The van der Waals surface area contributed by atoms with Crippen molar-refractivity contribution in [2.24, 2.45) is 5.73 Å². The summed E-state index contributed by atoms with van der Waals surface area (Å²) in [5.74, 6) is -0.259. The lowest BCUT2D eigenvalue weighted by molar-refractivity contribution is -0.124. The fourth-order valence-electron chi connectivity index (χ4n) is 2.48. The quantitative estimate of drug-likeness (QED) is 0.881. The van der Waals surface area contributed by atoms with Crippen molar-refractivity contribution in [2.45, 2.75) is 12.5 Å². The molecule has 4 heteroatoms. The number of ketones is 1. The van der Waals surface area contributed by atoms with Gasteiger partial charge in [0.25, 0.3) is 5.91 Å². The smallest absolute Gasteiger partial charge is 0.258 e. The van der Waals surface area contributed by atoms with E-state index in [2.05, 4.69) is 0 Å². The minimum atomic E-state index is -0.794. The van der Waals surface area contributed by atoms with Crippen molar-refractivity contribution in [3.05, 3.63) is 77.4 Å². The average molecular weight is 293 g/mol.